The van der Waals surface area contributed by atoms with Crippen LogP contribution in [0.2, 0.25) is 0 Å². The molecule has 3 aliphatic rings. The molecule has 1 aromatic rings. The van der Waals surface area contributed by atoms with Gasteiger partial charge in [0.05, 0.1) is 6.61 Å². The van der Waals surface area contributed by atoms with E-state index < -0.39 is 0 Å². The van der Waals surface area contributed by atoms with E-state index in [2.05, 4.69) is 11.9 Å². The quantitative estimate of drug-likeness (QED) is 0.783. The summed E-state index contributed by atoms with van der Waals surface area (Å²) < 4.78 is 11.4. The molecule has 0 aromatic heterocycles. The zero-order valence-electron chi connectivity index (χ0n) is 12.4. The van der Waals surface area contributed by atoms with Gasteiger partial charge in [0, 0.05) is 31.3 Å². The summed E-state index contributed by atoms with van der Waals surface area (Å²) in [6, 6.07) is 6.92. The number of ether oxygens (including phenoxy) is 2. The molecular weight excluding hydrogens is 266 g/mol. The summed E-state index contributed by atoms with van der Waals surface area (Å²) in [5.74, 6) is 0.515. The summed E-state index contributed by atoms with van der Waals surface area (Å²) in [4.78, 5) is 14.9. The standard InChI is InChI=1S/C17H21NO3/c1-18-12-5-6-13(18)10-14(9-12)21-17(19)15-4-2-3-11-7-8-20-16(11)15/h2-4,12-14H,5-10H2,1H3/t12-,13+,14?. The van der Waals surface area contributed by atoms with Gasteiger partial charge in [-0.3, -0.25) is 0 Å². The zero-order chi connectivity index (χ0) is 14.4. The Bertz CT molecular complexity index is 557. The molecule has 4 heteroatoms. The number of esters is 1. The first kappa shape index (κ1) is 13.1. The first-order valence-corrected chi connectivity index (χ1v) is 7.90. The Labute approximate surface area is 125 Å². The summed E-state index contributed by atoms with van der Waals surface area (Å²) in [6.07, 6.45) is 5.35. The minimum absolute atomic E-state index is 0.0588. The Morgan fingerprint density at radius 1 is 1.29 bits per heavy atom. The molecule has 0 saturated carbocycles. The highest BCUT2D eigenvalue weighted by atomic mass is 16.5. The monoisotopic (exact) mass is 287 g/mol. The fraction of sp³-hybridized carbons (Fsp3) is 0.588. The molecule has 4 rings (SSSR count). The molecular formula is C17H21NO3. The van der Waals surface area contributed by atoms with Gasteiger partial charge < -0.3 is 14.4 Å². The third-order valence-electron chi connectivity index (χ3n) is 5.26. The number of nitrogens with zero attached hydrogens (tertiary/aromatic N) is 1. The van der Waals surface area contributed by atoms with Gasteiger partial charge in [-0.15, -0.1) is 0 Å². The molecule has 21 heavy (non-hydrogen) atoms. The van der Waals surface area contributed by atoms with Crippen molar-refractivity contribution in [3.8, 4) is 5.75 Å². The van der Waals surface area contributed by atoms with E-state index in [1.807, 2.05) is 18.2 Å². The Balaban J connectivity index is 1.49. The fourth-order valence-electron chi connectivity index (χ4n) is 4.05. The Morgan fingerprint density at radius 2 is 2.05 bits per heavy atom. The summed E-state index contributed by atoms with van der Waals surface area (Å²) in [7, 11) is 2.19. The number of rotatable bonds is 2. The average molecular weight is 287 g/mol. The summed E-state index contributed by atoms with van der Waals surface area (Å²) in [6.45, 7) is 0.665. The minimum atomic E-state index is -0.220. The SMILES string of the molecule is CN1[C@@H]2CC[C@H]1CC(OC(=O)c1cccc3c1OCC3)C2. The highest BCUT2D eigenvalue weighted by Gasteiger charge is 2.40. The van der Waals surface area contributed by atoms with Crippen LogP contribution in [-0.2, 0) is 11.2 Å². The predicted octanol–water partition coefficient (Wildman–Crippen LogP) is 2.40. The number of carbonyl (C=O) groups is 1. The number of para-hydroxylation sites is 1. The molecule has 2 saturated heterocycles. The third kappa shape index (κ3) is 2.22. The maximum Gasteiger partial charge on any atom is 0.342 e. The molecule has 3 atom stereocenters. The minimum Gasteiger partial charge on any atom is -0.492 e. The van der Waals surface area contributed by atoms with Crippen LogP contribution in [0.5, 0.6) is 5.75 Å². The molecule has 1 aromatic carbocycles. The average Bonchev–Trinajstić information content (AvgIpc) is 3.01. The number of fused-ring (bicyclic) bond motifs is 3. The van der Waals surface area contributed by atoms with Crippen LogP contribution >= 0.6 is 0 Å². The number of hydrogen-bond acceptors (Lipinski definition) is 4. The van der Waals surface area contributed by atoms with Crippen molar-refractivity contribution < 1.29 is 14.3 Å². The molecule has 0 spiro atoms. The van der Waals surface area contributed by atoms with E-state index in [-0.39, 0.29) is 12.1 Å². The van der Waals surface area contributed by atoms with Crippen LogP contribution in [0.4, 0.5) is 0 Å². The van der Waals surface area contributed by atoms with Crippen LogP contribution in [0.3, 0.4) is 0 Å². The normalized spacial score (nSPS) is 30.8. The maximum absolute atomic E-state index is 12.5. The lowest BCUT2D eigenvalue weighted by atomic mass is 10.0. The second kappa shape index (κ2) is 5.02. The Morgan fingerprint density at radius 3 is 2.81 bits per heavy atom. The molecule has 3 heterocycles. The van der Waals surface area contributed by atoms with Gasteiger partial charge in [-0.05, 0) is 31.5 Å². The van der Waals surface area contributed by atoms with E-state index in [0.29, 0.717) is 24.3 Å². The zero-order valence-corrected chi connectivity index (χ0v) is 12.4. The van der Waals surface area contributed by atoms with Gasteiger partial charge >= 0.3 is 5.97 Å². The van der Waals surface area contributed by atoms with Crippen molar-refractivity contribution in [1.29, 1.82) is 0 Å². The van der Waals surface area contributed by atoms with E-state index in [1.54, 1.807) is 0 Å². The van der Waals surface area contributed by atoms with Crippen LogP contribution in [0.1, 0.15) is 41.6 Å². The van der Waals surface area contributed by atoms with Gasteiger partial charge in [-0.1, -0.05) is 12.1 Å². The van der Waals surface area contributed by atoms with E-state index >= 15 is 0 Å². The lowest BCUT2D eigenvalue weighted by Crippen LogP contribution is -2.43. The van der Waals surface area contributed by atoms with Crippen molar-refractivity contribution >= 4 is 5.97 Å². The van der Waals surface area contributed by atoms with E-state index in [0.717, 1.165) is 30.6 Å². The first-order valence-electron chi connectivity index (χ1n) is 7.90. The fourth-order valence-corrected chi connectivity index (χ4v) is 4.05. The summed E-state index contributed by atoms with van der Waals surface area (Å²) >= 11 is 0. The van der Waals surface area contributed by atoms with Gasteiger partial charge in [-0.2, -0.15) is 0 Å². The van der Waals surface area contributed by atoms with Crippen molar-refractivity contribution in [2.24, 2.45) is 0 Å². The second-order valence-electron chi connectivity index (χ2n) is 6.44. The van der Waals surface area contributed by atoms with Crippen LogP contribution in [-0.4, -0.2) is 42.7 Å². The Kier molecular flexibility index (Phi) is 3.14. The van der Waals surface area contributed by atoms with Gasteiger partial charge in [0.1, 0.15) is 17.4 Å². The van der Waals surface area contributed by atoms with Crippen LogP contribution in [0.15, 0.2) is 18.2 Å². The van der Waals surface area contributed by atoms with Crippen molar-refractivity contribution in [3.05, 3.63) is 29.3 Å². The lowest BCUT2D eigenvalue weighted by Gasteiger charge is -2.35. The molecule has 2 fully saturated rings. The molecule has 112 valence electrons. The molecule has 0 radical (unpaired) electrons. The molecule has 0 N–H and O–H groups in total. The van der Waals surface area contributed by atoms with Gasteiger partial charge in [0.2, 0.25) is 0 Å². The van der Waals surface area contributed by atoms with Crippen LogP contribution in [0.25, 0.3) is 0 Å². The number of piperidine rings is 1. The van der Waals surface area contributed by atoms with E-state index in [1.165, 1.54) is 12.8 Å². The van der Waals surface area contributed by atoms with Crippen LogP contribution < -0.4 is 4.74 Å². The molecule has 0 aliphatic carbocycles. The highest BCUT2D eigenvalue weighted by Crippen LogP contribution is 2.36. The van der Waals surface area contributed by atoms with Crippen molar-refractivity contribution in [2.75, 3.05) is 13.7 Å². The number of hydrogen-bond donors (Lipinski definition) is 0. The smallest absolute Gasteiger partial charge is 0.342 e. The van der Waals surface area contributed by atoms with Gasteiger partial charge in [0.25, 0.3) is 0 Å². The largest absolute Gasteiger partial charge is 0.492 e. The van der Waals surface area contributed by atoms with Gasteiger partial charge in [-0.25, -0.2) is 4.79 Å². The highest BCUT2D eigenvalue weighted by molar-refractivity contribution is 5.93. The van der Waals surface area contributed by atoms with E-state index in [9.17, 15) is 4.79 Å². The summed E-state index contributed by atoms with van der Waals surface area (Å²) in [5, 5.41) is 0. The Hall–Kier alpha value is -1.55. The second-order valence-corrected chi connectivity index (χ2v) is 6.44. The third-order valence-corrected chi connectivity index (χ3v) is 5.26. The lowest BCUT2D eigenvalue weighted by molar-refractivity contribution is -0.000686. The van der Waals surface area contributed by atoms with Crippen molar-refractivity contribution in [3.63, 3.8) is 0 Å². The topological polar surface area (TPSA) is 38.8 Å². The van der Waals surface area contributed by atoms with E-state index in [4.69, 9.17) is 9.47 Å². The first-order chi connectivity index (χ1) is 10.2. The molecule has 4 nitrogen and oxygen atoms in total. The predicted molar refractivity (Wildman–Crippen MR) is 78.7 cm³/mol. The van der Waals surface area contributed by atoms with Gasteiger partial charge in [0.15, 0.2) is 0 Å². The number of carbonyl (C=O) groups excluding carboxylic acids is 1. The molecule has 1 unspecified atom stereocenters. The summed E-state index contributed by atoms with van der Waals surface area (Å²) in [5.41, 5.74) is 1.71. The maximum atomic E-state index is 12.5. The number of benzene rings is 1. The molecule has 0 amide bonds. The van der Waals surface area contributed by atoms with Crippen molar-refractivity contribution in [1.82, 2.24) is 4.90 Å². The molecule has 3 aliphatic heterocycles. The van der Waals surface area contributed by atoms with Crippen molar-refractivity contribution in [2.45, 2.75) is 50.3 Å². The van der Waals surface area contributed by atoms with Crippen LogP contribution in [0, 0.1) is 0 Å². The molecule has 2 bridgehead atoms.